The van der Waals surface area contributed by atoms with E-state index in [1.165, 1.54) is 60.9 Å². The molecule has 1 atom stereocenters. The van der Waals surface area contributed by atoms with E-state index in [0.717, 1.165) is 49.4 Å². The Morgan fingerprint density at radius 3 is 1.56 bits per heavy atom. The van der Waals surface area contributed by atoms with Gasteiger partial charge >= 0.3 is 0 Å². The molecule has 14 rings (SSSR count). The van der Waals surface area contributed by atoms with Crippen molar-refractivity contribution in [2.24, 2.45) is 0 Å². The summed E-state index contributed by atoms with van der Waals surface area (Å²) in [6, 6.07) is 79.2. The van der Waals surface area contributed by atoms with Gasteiger partial charge in [-0.05, 0) is 84.3 Å². The Bertz CT molecular complexity index is 3810. The first-order valence-electron chi connectivity index (χ1n) is 21.9. The zero-order valence-electron chi connectivity index (χ0n) is 34.6. The second-order valence-electron chi connectivity index (χ2n) is 17.1. The highest BCUT2D eigenvalue weighted by atomic mass is 15.0. The molecule has 296 valence electrons. The van der Waals surface area contributed by atoms with E-state index in [1.807, 2.05) is 0 Å². The second-order valence-corrected chi connectivity index (χ2v) is 17.1. The van der Waals surface area contributed by atoms with Gasteiger partial charge in [0.15, 0.2) is 17.5 Å². The zero-order valence-corrected chi connectivity index (χ0v) is 34.6. The summed E-state index contributed by atoms with van der Waals surface area (Å²) >= 11 is 0. The lowest BCUT2D eigenvalue weighted by Gasteiger charge is -2.39. The van der Waals surface area contributed by atoms with Gasteiger partial charge in [0.05, 0.1) is 22.1 Å². The quantitative estimate of drug-likeness (QED) is 0.178. The molecule has 0 bridgehead atoms. The van der Waals surface area contributed by atoms with Crippen LogP contribution in [0.2, 0.25) is 0 Å². The Morgan fingerprint density at radius 2 is 0.812 bits per heavy atom. The molecule has 1 aliphatic carbocycles. The predicted molar refractivity (Wildman–Crippen MR) is 262 cm³/mol. The summed E-state index contributed by atoms with van der Waals surface area (Å²) in [5, 5.41) is 7.07. The molecule has 4 heteroatoms. The van der Waals surface area contributed by atoms with E-state index in [4.69, 9.17) is 15.0 Å². The van der Waals surface area contributed by atoms with Crippen LogP contribution in [0.25, 0.3) is 105 Å². The molecule has 4 nitrogen and oxygen atoms in total. The SMILES string of the molecule is c1ccc2c(c1)-c1ccc(-c3ccc(-c4nc(-c5cccc6ccccc56)nc(-c5cccc6ccccc56)n4)cc3)cc1C21c2ccccc2-n2c3ccccc3c3cccc1c32. The molecule has 1 aliphatic heterocycles. The molecule has 1 spiro atoms. The van der Waals surface area contributed by atoms with Crippen molar-refractivity contribution in [1.29, 1.82) is 0 Å². The van der Waals surface area contributed by atoms with Crippen molar-refractivity contribution in [3.05, 3.63) is 241 Å². The lowest BCUT2D eigenvalue weighted by molar-refractivity contribution is 0.749. The van der Waals surface area contributed by atoms with Crippen LogP contribution in [-0.4, -0.2) is 19.5 Å². The molecular formula is C60H36N4. The molecule has 0 radical (unpaired) electrons. The lowest BCUT2D eigenvalue weighted by atomic mass is 9.65. The normalized spacial score (nSPS) is 14.6. The van der Waals surface area contributed by atoms with Gasteiger partial charge in [-0.2, -0.15) is 0 Å². The predicted octanol–water partition coefficient (Wildman–Crippen LogP) is 14.6. The Labute approximate surface area is 369 Å². The molecular weight excluding hydrogens is 777 g/mol. The number of rotatable bonds is 4. The van der Waals surface area contributed by atoms with Gasteiger partial charge in [0.2, 0.25) is 0 Å². The summed E-state index contributed by atoms with van der Waals surface area (Å²) in [6.07, 6.45) is 0. The maximum absolute atomic E-state index is 5.21. The Hall–Kier alpha value is -8.47. The number of hydrogen-bond donors (Lipinski definition) is 0. The highest BCUT2D eigenvalue weighted by Crippen LogP contribution is 2.61. The summed E-state index contributed by atoms with van der Waals surface area (Å²) in [5.41, 5.74) is 16.2. The minimum Gasteiger partial charge on any atom is -0.309 e. The highest BCUT2D eigenvalue weighted by Gasteiger charge is 2.50. The van der Waals surface area contributed by atoms with Gasteiger partial charge in [-0.15, -0.1) is 0 Å². The van der Waals surface area contributed by atoms with Gasteiger partial charge in [-0.1, -0.05) is 200 Å². The second kappa shape index (κ2) is 13.3. The van der Waals surface area contributed by atoms with Gasteiger partial charge in [0.1, 0.15) is 0 Å². The zero-order chi connectivity index (χ0) is 41.9. The molecule has 1 unspecified atom stereocenters. The van der Waals surface area contributed by atoms with Crippen LogP contribution in [0.15, 0.2) is 218 Å². The summed E-state index contributed by atoms with van der Waals surface area (Å²) in [4.78, 5) is 15.6. The number of aromatic nitrogens is 4. The smallest absolute Gasteiger partial charge is 0.164 e. The van der Waals surface area contributed by atoms with E-state index in [1.54, 1.807) is 0 Å². The largest absolute Gasteiger partial charge is 0.309 e. The molecule has 64 heavy (non-hydrogen) atoms. The summed E-state index contributed by atoms with van der Waals surface area (Å²) in [6.45, 7) is 0. The van der Waals surface area contributed by atoms with Crippen LogP contribution in [0.3, 0.4) is 0 Å². The number of para-hydroxylation sites is 3. The van der Waals surface area contributed by atoms with Crippen LogP contribution in [0.1, 0.15) is 22.3 Å². The standard InChI is InChI=1S/C60H36N4/c1-3-18-42-38(14-1)16-11-23-48(42)58-61-57(62-59(63-58)49-24-12-17-39-15-2-4-19-43(39)49)40-32-30-37(31-33-40)41-34-35-45-44-20-5-7-25-50(44)60(53(45)36-41)51-26-8-10-29-55(51)64-54-28-9-6-21-46(54)47-22-13-27-52(60)56(47)64/h1-36H. The van der Waals surface area contributed by atoms with Crippen LogP contribution < -0.4 is 0 Å². The van der Waals surface area contributed by atoms with E-state index in [-0.39, 0.29) is 0 Å². The first kappa shape index (κ1) is 35.2. The van der Waals surface area contributed by atoms with Crippen molar-refractivity contribution >= 4 is 43.4 Å². The fourth-order valence-electron chi connectivity index (χ4n) is 11.1. The molecule has 0 amide bonds. The Kier molecular flexibility index (Phi) is 7.29. The molecule has 0 saturated heterocycles. The summed E-state index contributed by atoms with van der Waals surface area (Å²) in [7, 11) is 0. The van der Waals surface area contributed by atoms with E-state index < -0.39 is 5.41 Å². The van der Waals surface area contributed by atoms with Gasteiger partial charge in [0.25, 0.3) is 0 Å². The van der Waals surface area contributed by atoms with E-state index in [0.29, 0.717) is 17.5 Å². The summed E-state index contributed by atoms with van der Waals surface area (Å²) < 4.78 is 2.50. The molecule has 0 N–H and O–H groups in total. The molecule has 10 aromatic carbocycles. The molecule has 2 aromatic heterocycles. The van der Waals surface area contributed by atoms with Crippen LogP contribution in [0.5, 0.6) is 0 Å². The van der Waals surface area contributed by atoms with Crippen LogP contribution in [-0.2, 0) is 5.41 Å². The third-order valence-corrected chi connectivity index (χ3v) is 13.9. The fourth-order valence-corrected chi connectivity index (χ4v) is 11.1. The van der Waals surface area contributed by atoms with Crippen molar-refractivity contribution in [3.63, 3.8) is 0 Å². The first-order chi connectivity index (χ1) is 31.7. The van der Waals surface area contributed by atoms with Gasteiger partial charge < -0.3 is 4.57 Å². The molecule has 0 saturated carbocycles. The van der Waals surface area contributed by atoms with Crippen molar-refractivity contribution < 1.29 is 0 Å². The minimum absolute atomic E-state index is 0.511. The molecule has 3 heterocycles. The van der Waals surface area contributed by atoms with Crippen molar-refractivity contribution in [2.45, 2.75) is 5.41 Å². The fraction of sp³-hybridized carbons (Fsp3) is 0.0167. The van der Waals surface area contributed by atoms with Crippen LogP contribution in [0, 0.1) is 0 Å². The van der Waals surface area contributed by atoms with Gasteiger partial charge in [-0.3, -0.25) is 0 Å². The summed E-state index contributed by atoms with van der Waals surface area (Å²) in [5.74, 6) is 1.94. The number of benzene rings is 10. The van der Waals surface area contributed by atoms with Crippen molar-refractivity contribution in [1.82, 2.24) is 19.5 Å². The average Bonchev–Trinajstić information content (AvgIpc) is 3.86. The number of hydrogen-bond acceptors (Lipinski definition) is 3. The van der Waals surface area contributed by atoms with Crippen LogP contribution >= 0.6 is 0 Å². The third kappa shape index (κ3) is 4.79. The van der Waals surface area contributed by atoms with E-state index in [2.05, 4.69) is 223 Å². The maximum atomic E-state index is 5.21. The van der Waals surface area contributed by atoms with Crippen molar-refractivity contribution in [3.8, 4) is 62.1 Å². The first-order valence-corrected chi connectivity index (χ1v) is 21.9. The van der Waals surface area contributed by atoms with E-state index in [9.17, 15) is 0 Å². The monoisotopic (exact) mass is 812 g/mol. The number of fused-ring (bicyclic) bond motifs is 14. The van der Waals surface area contributed by atoms with E-state index >= 15 is 0 Å². The molecule has 12 aromatic rings. The third-order valence-electron chi connectivity index (χ3n) is 13.9. The number of nitrogens with zero attached hydrogens (tertiary/aromatic N) is 4. The molecule has 0 fully saturated rings. The van der Waals surface area contributed by atoms with Gasteiger partial charge in [0, 0.05) is 27.5 Å². The molecule has 2 aliphatic rings. The lowest BCUT2D eigenvalue weighted by Crippen LogP contribution is -2.33. The maximum Gasteiger partial charge on any atom is 0.164 e. The Morgan fingerprint density at radius 1 is 0.312 bits per heavy atom. The van der Waals surface area contributed by atoms with Crippen LogP contribution in [0.4, 0.5) is 0 Å². The van der Waals surface area contributed by atoms with Crippen molar-refractivity contribution in [2.75, 3.05) is 0 Å². The minimum atomic E-state index is -0.511. The van der Waals surface area contributed by atoms with Gasteiger partial charge in [-0.25, -0.2) is 15.0 Å². The highest BCUT2D eigenvalue weighted by molar-refractivity contribution is 6.13. The average molecular weight is 813 g/mol. The Balaban J connectivity index is 0.946. The topological polar surface area (TPSA) is 43.6 Å².